The van der Waals surface area contributed by atoms with Gasteiger partial charge in [-0.15, -0.1) is 0 Å². The van der Waals surface area contributed by atoms with E-state index in [0.717, 1.165) is 52.5 Å². The Hall–Kier alpha value is -3.11. The van der Waals surface area contributed by atoms with Gasteiger partial charge in [-0.25, -0.2) is 9.67 Å². The highest BCUT2D eigenvalue weighted by Gasteiger charge is 2.41. The molecule has 35 heavy (non-hydrogen) atoms. The summed E-state index contributed by atoms with van der Waals surface area (Å²) in [6.45, 7) is 4.00. The monoisotopic (exact) mass is 537 g/mol. The largest absolute Gasteiger partial charge is 0.396 e. The molecule has 0 bridgehead atoms. The van der Waals surface area contributed by atoms with Gasteiger partial charge in [0, 0.05) is 42.4 Å². The van der Waals surface area contributed by atoms with Gasteiger partial charge in [0.25, 0.3) is 0 Å². The lowest BCUT2D eigenvalue weighted by molar-refractivity contribution is -0.129. The molecule has 5 rings (SSSR count). The van der Waals surface area contributed by atoms with Crippen molar-refractivity contribution >= 4 is 49.7 Å². The number of rotatable bonds is 6. The van der Waals surface area contributed by atoms with Gasteiger partial charge in [-0.2, -0.15) is 10.1 Å². The topological polar surface area (TPSA) is 118 Å². The van der Waals surface area contributed by atoms with Crippen LogP contribution in [-0.4, -0.2) is 55.4 Å². The number of benzene rings is 1. The molecule has 182 valence electrons. The number of amides is 1. The zero-order valence-electron chi connectivity index (χ0n) is 20.0. The van der Waals surface area contributed by atoms with Crippen molar-refractivity contribution in [2.24, 2.45) is 5.41 Å². The Balaban J connectivity index is 1.52. The molecule has 9 nitrogen and oxygen atoms in total. The van der Waals surface area contributed by atoms with Crippen LogP contribution < -0.4 is 10.6 Å². The summed E-state index contributed by atoms with van der Waals surface area (Å²) in [5, 5.41) is 22.3. The fourth-order valence-electron chi connectivity index (χ4n) is 5.00. The van der Waals surface area contributed by atoms with Crippen molar-refractivity contribution in [2.75, 3.05) is 19.0 Å². The van der Waals surface area contributed by atoms with Crippen molar-refractivity contribution in [3.05, 3.63) is 46.3 Å². The highest BCUT2D eigenvalue weighted by Crippen LogP contribution is 2.39. The van der Waals surface area contributed by atoms with Crippen LogP contribution in [0.5, 0.6) is 0 Å². The van der Waals surface area contributed by atoms with Crippen LogP contribution in [0.3, 0.4) is 0 Å². The van der Waals surface area contributed by atoms with E-state index in [-0.39, 0.29) is 24.0 Å². The smallest absolute Gasteiger partial charge is 0.225 e. The number of aryl methyl sites for hydroxylation is 1. The first-order valence-corrected chi connectivity index (χ1v) is 12.5. The maximum absolute atomic E-state index is 12.3. The molecule has 0 aliphatic heterocycles. The summed E-state index contributed by atoms with van der Waals surface area (Å²) in [4.78, 5) is 26.3. The van der Waals surface area contributed by atoms with Crippen molar-refractivity contribution in [3.8, 4) is 5.69 Å². The lowest BCUT2D eigenvalue weighted by Gasteiger charge is -2.22. The summed E-state index contributed by atoms with van der Waals surface area (Å²) in [5.74, 6) is 0.575. The second kappa shape index (κ2) is 9.16. The number of anilines is 1. The minimum absolute atomic E-state index is 0.0321. The molecule has 1 aliphatic rings. The summed E-state index contributed by atoms with van der Waals surface area (Å²) in [6.07, 6.45) is 4.66. The van der Waals surface area contributed by atoms with Gasteiger partial charge in [0.1, 0.15) is 4.60 Å². The van der Waals surface area contributed by atoms with Crippen LogP contribution in [-0.2, 0) is 11.2 Å². The van der Waals surface area contributed by atoms with Gasteiger partial charge in [0.15, 0.2) is 5.65 Å². The number of carbonyl (C=O) groups excluding carboxylic acids is 1. The quantitative estimate of drug-likeness (QED) is 0.343. The first kappa shape index (κ1) is 23.6. The van der Waals surface area contributed by atoms with E-state index in [1.807, 2.05) is 38.1 Å². The molecule has 3 N–H and O–H groups in total. The third-order valence-electron chi connectivity index (χ3n) is 6.85. The lowest BCUT2D eigenvalue weighted by Crippen LogP contribution is -2.35. The molecule has 1 fully saturated rings. The molecule has 0 saturated heterocycles. The third-order valence-corrected chi connectivity index (χ3v) is 7.44. The Morgan fingerprint density at radius 1 is 1.31 bits per heavy atom. The maximum atomic E-state index is 12.3. The van der Waals surface area contributed by atoms with E-state index in [9.17, 15) is 9.90 Å². The average Bonchev–Trinajstić information content (AvgIpc) is 3.39. The zero-order chi connectivity index (χ0) is 24.7. The van der Waals surface area contributed by atoms with Crippen molar-refractivity contribution in [2.45, 2.75) is 45.6 Å². The second-order valence-corrected chi connectivity index (χ2v) is 10.2. The lowest BCUT2D eigenvalue weighted by atomic mass is 9.87. The van der Waals surface area contributed by atoms with Crippen LogP contribution in [0.2, 0.25) is 0 Å². The van der Waals surface area contributed by atoms with E-state index in [4.69, 9.17) is 4.98 Å². The van der Waals surface area contributed by atoms with Gasteiger partial charge < -0.3 is 15.7 Å². The molecule has 0 unspecified atom stereocenters. The van der Waals surface area contributed by atoms with Crippen LogP contribution in [0.15, 0.2) is 35.1 Å². The summed E-state index contributed by atoms with van der Waals surface area (Å²) in [7, 11) is 1.68. The van der Waals surface area contributed by atoms with E-state index >= 15 is 0 Å². The number of halogens is 1. The van der Waals surface area contributed by atoms with Crippen LogP contribution in [0.25, 0.3) is 27.6 Å². The van der Waals surface area contributed by atoms with Gasteiger partial charge in [-0.05, 0) is 72.3 Å². The number of carbonyl (C=O) groups is 1. The number of aliphatic hydroxyl groups is 1. The van der Waals surface area contributed by atoms with Gasteiger partial charge >= 0.3 is 0 Å². The highest BCUT2D eigenvalue weighted by molar-refractivity contribution is 9.10. The predicted molar refractivity (Wildman–Crippen MR) is 139 cm³/mol. The fourth-order valence-corrected chi connectivity index (χ4v) is 5.43. The number of hydrogen-bond donors (Lipinski definition) is 3. The van der Waals surface area contributed by atoms with Crippen molar-refractivity contribution in [3.63, 3.8) is 0 Å². The minimum atomic E-state index is -0.387. The summed E-state index contributed by atoms with van der Waals surface area (Å²) < 4.78 is 2.44. The Labute approximate surface area is 211 Å². The Bertz CT molecular complexity index is 1440. The Morgan fingerprint density at radius 3 is 2.91 bits per heavy atom. The molecule has 0 spiro atoms. The average molecular weight is 538 g/mol. The molecule has 1 aliphatic carbocycles. The molecule has 1 aromatic carbocycles. The first-order valence-electron chi connectivity index (χ1n) is 11.7. The van der Waals surface area contributed by atoms with E-state index in [2.05, 4.69) is 41.6 Å². The molecule has 0 radical (unpaired) electrons. The van der Waals surface area contributed by atoms with Gasteiger partial charge in [-0.3, -0.25) is 9.78 Å². The Kier molecular flexibility index (Phi) is 6.18. The van der Waals surface area contributed by atoms with Gasteiger partial charge in [0.05, 0.1) is 16.6 Å². The first-order chi connectivity index (χ1) is 16.8. The fraction of sp³-hybridized carbons (Fsp3) is 0.400. The van der Waals surface area contributed by atoms with E-state index in [1.54, 1.807) is 17.9 Å². The Morgan fingerprint density at radius 2 is 2.14 bits per heavy atom. The number of fused-ring (bicyclic) bond motifs is 2. The molecule has 4 aromatic rings. The number of aromatic nitrogens is 5. The summed E-state index contributed by atoms with van der Waals surface area (Å²) in [6, 6.07) is 8.16. The predicted octanol–water partition coefficient (Wildman–Crippen LogP) is 3.69. The van der Waals surface area contributed by atoms with E-state index in [1.165, 1.54) is 0 Å². The third kappa shape index (κ3) is 4.36. The molecule has 3 heterocycles. The zero-order valence-corrected chi connectivity index (χ0v) is 21.6. The van der Waals surface area contributed by atoms with Crippen LogP contribution in [0, 0.1) is 12.3 Å². The van der Waals surface area contributed by atoms with E-state index < -0.39 is 0 Å². The SMILES string of the molecule is CNC(=O)[C@]1(C)CC[C@@H](Nc2ncc3c(Br)nn(-c4cc(CCO)c5nc(C)ccc5c4)c3n2)C1. The summed E-state index contributed by atoms with van der Waals surface area (Å²) in [5.41, 5.74) is 3.88. The number of aliphatic hydroxyl groups excluding tert-OH is 1. The van der Waals surface area contributed by atoms with Crippen molar-refractivity contribution in [1.82, 2.24) is 30.0 Å². The van der Waals surface area contributed by atoms with Crippen LogP contribution >= 0.6 is 15.9 Å². The van der Waals surface area contributed by atoms with E-state index in [0.29, 0.717) is 22.6 Å². The molecule has 1 saturated carbocycles. The molecule has 10 heteroatoms. The molecular formula is C25H28BrN7O2. The van der Waals surface area contributed by atoms with Gasteiger partial charge in [-0.1, -0.05) is 13.0 Å². The van der Waals surface area contributed by atoms with Crippen molar-refractivity contribution < 1.29 is 9.90 Å². The molecule has 3 aromatic heterocycles. The van der Waals surface area contributed by atoms with Crippen molar-refractivity contribution in [1.29, 1.82) is 0 Å². The number of hydrogen-bond acceptors (Lipinski definition) is 7. The minimum Gasteiger partial charge on any atom is -0.396 e. The number of pyridine rings is 1. The highest BCUT2D eigenvalue weighted by atomic mass is 79.9. The van der Waals surface area contributed by atoms with Gasteiger partial charge in [0.2, 0.25) is 11.9 Å². The molecule has 2 atom stereocenters. The van der Waals surface area contributed by atoms with Crippen LogP contribution in [0.1, 0.15) is 37.4 Å². The second-order valence-electron chi connectivity index (χ2n) is 9.46. The normalized spacial score (nSPS) is 20.0. The standard InChI is InChI=1S/C25H28BrN7O2/c1-14-4-5-15-10-18(11-16(7-9-34)20(15)29-14)33-22-19(21(26)32-33)13-28-24(31-22)30-17-6-8-25(2,12-17)23(35)27-3/h4-5,10-11,13,17,34H,6-9,12H2,1-3H3,(H,27,35)(H,28,30,31)/t17-,25-/m1/s1. The summed E-state index contributed by atoms with van der Waals surface area (Å²) >= 11 is 3.55. The number of nitrogens with one attached hydrogen (secondary N) is 2. The molecule has 1 amide bonds. The maximum Gasteiger partial charge on any atom is 0.225 e. The molecular weight excluding hydrogens is 510 g/mol. The van der Waals surface area contributed by atoms with Crippen LogP contribution in [0.4, 0.5) is 5.95 Å². The number of nitrogens with zero attached hydrogens (tertiary/aromatic N) is 5.